The van der Waals surface area contributed by atoms with Gasteiger partial charge in [0.1, 0.15) is 0 Å². The molecule has 0 bridgehead atoms. The number of nitriles is 1. The lowest BCUT2D eigenvalue weighted by molar-refractivity contribution is -0.124. The van der Waals surface area contributed by atoms with E-state index in [4.69, 9.17) is 5.26 Å². The fourth-order valence-electron chi connectivity index (χ4n) is 0.467. The van der Waals surface area contributed by atoms with Gasteiger partial charge in [-0.05, 0) is 10.4 Å². The normalized spacial score (nSPS) is 11.7. The highest BCUT2D eigenvalue weighted by Crippen LogP contribution is 1.99. The van der Waals surface area contributed by atoms with E-state index in [0.29, 0.717) is 6.41 Å². The van der Waals surface area contributed by atoms with E-state index in [1.165, 1.54) is 0 Å². The first-order valence-electron chi connectivity index (χ1n) is 3.48. The summed E-state index contributed by atoms with van der Waals surface area (Å²) in [6, 6.07) is 1.85. The molecule has 0 aliphatic rings. The van der Waals surface area contributed by atoms with Gasteiger partial charge in [0, 0.05) is 12.3 Å². The highest BCUT2D eigenvalue weighted by atomic mass is 16.2. The summed E-state index contributed by atoms with van der Waals surface area (Å²) in [5.74, 6) is -0.863. The molecule has 1 atom stereocenters. The SMILES string of the molecule is CC(CC#N)C(=O)NN=NNC=O. The number of nitrogens with one attached hydrogen (secondary N) is 2. The topological polar surface area (TPSA) is 107 Å². The summed E-state index contributed by atoms with van der Waals surface area (Å²) < 4.78 is 0. The van der Waals surface area contributed by atoms with Crippen molar-refractivity contribution in [2.24, 2.45) is 16.4 Å². The maximum Gasteiger partial charge on any atom is 0.245 e. The van der Waals surface area contributed by atoms with Crippen LogP contribution in [0.25, 0.3) is 0 Å². The maximum absolute atomic E-state index is 11.0. The molecule has 0 aromatic heterocycles. The first-order chi connectivity index (χ1) is 6.22. The maximum atomic E-state index is 11.0. The van der Waals surface area contributed by atoms with Crippen molar-refractivity contribution in [3.8, 4) is 6.07 Å². The predicted octanol–water partition coefficient (Wildman–Crippen LogP) is -0.319. The molecule has 0 saturated heterocycles. The van der Waals surface area contributed by atoms with Crippen molar-refractivity contribution in [1.82, 2.24) is 10.9 Å². The van der Waals surface area contributed by atoms with Crippen LogP contribution in [0.1, 0.15) is 13.3 Å². The van der Waals surface area contributed by atoms with Gasteiger partial charge in [0.15, 0.2) is 0 Å². The van der Waals surface area contributed by atoms with Crippen LogP contribution in [0.15, 0.2) is 10.4 Å². The van der Waals surface area contributed by atoms with Gasteiger partial charge in [0.2, 0.25) is 12.3 Å². The molecule has 0 aromatic carbocycles. The molecular weight excluding hydrogens is 174 g/mol. The van der Waals surface area contributed by atoms with E-state index < -0.39 is 11.8 Å². The number of amides is 2. The quantitative estimate of drug-likeness (QED) is 0.346. The van der Waals surface area contributed by atoms with Crippen molar-refractivity contribution in [2.45, 2.75) is 13.3 Å². The van der Waals surface area contributed by atoms with Crippen molar-refractivity contribution < 1.29 is 9.59 Å². The molecule has 0 saturated carbocycles. The Morgan fingerprint density at radius 1 is 1.69 bits per heavy atom. The number of rotatable bonds is 5. The van der Waals surface area contributed by atoms with Crippen LogP contribution in [-0.2, 0) is 9.59 Å². The molecule has 13 heavy (non-hydrogen) atoms. The number of carbonyl (C=O) groups excluding carboxylic acids is 2. The van der Waals surface area contributed by atoms with Crippen molar-refractivity contribution >= 4 is 12.3 Å². The monoisotopic (exact) mass is 183 g/mol. The van der Waals surface area contributed by atoms with E-state index in [9.17, 15) is 9.59 Å². The van der Waals surface area contributed by atoms with Crippen LogP contribution < -0.4 is 10.9 Å². The summed E-state index contributed by atoms with van der Waals surface area (Å²) >= 11 is 0. The van der Waals surface area contributed by atoms with Crippen LogP contribution in [0.2, 0.25) is 0 Å². The van der Waals surface area contributed by atoms with E-state index in [-0.39, 0.29) is 6.42 Å². The van der Waals surface area contributed by atoms with Gasteiger partial charge in [0.05, 0.1) is 6.07 Å². The predicted molar refractivity (Wildman–Crippen MR) is 41.6 cm³/mol. The van der Waals surface area contributed by atoms with Gasteiger partial charge in [-0.15, -0.1) is 0 Å². The third-order valence-electron chi connectivity index (χ3n) is 1.17. The molecule has 0 rings (SSSR count). The molecule has 0 spiro atoms. The zero-order valence-corrected chi connectivity index (χ0v) is 7.02. The average Bonchev–Trinajstić information content (AvgIpc) is 2.12. The summed E-state index contributed by atoms with van der Waals surface area (Å²) in [7, 11) is 0. The lowest BCUT2D eigenvalue weighted by Gasteiger charge is -2.02. The molecule has 0 aliphatic carbocycles. The van der Waals surface area contributed by atoms with E-state index >= 15 is 0 Å². The van der Waals surface area contributed by atoms with Crippen molar-refractivity contribution in [3.05, 3.63) is 0 Å². The van der Waals surface area contributed by atoms with E-state index in [0.717, 1.165) is 0 Å². The fourth-order valence-corrected chi connectivity index (χ4v) is 0.467. The van der Waals surface area contributed by atoms with Gasteiger partial charge in [0.25, 0.3) is 0 Å². The Hall–Kier alpha value is -1.97. The zero-order valence-electron chi connectivity index (χ0n) is 7.02. The van der Waals surface area contributed by atoms with E-state index in [1.54, 1.807) is 6.92 Å². The lowest BCUT2D eigenvalue weighted by Crippen LogP contribution is -2.24. The van der Waals surface area contributed by atoms with Crippen LogP contribution in [0, 0.1) is 17.2 Å². The van der Waals surface area contributed by atoms with Crippen molar-refractivity contribution in [2.75, 3.05) is 0 Å². The first kappa shape index (κ1) is 11.0. The summed E-state index contributed by atoms with van der Waals surface area (Å²) in [6.45, 7) is 1.58. The second kappa shape index (κ2) is 6.72. The molecule has 2 N–H and O–H groups in total. The Balaban J connectivity index is 3.74. The number of hydrogen-bond acceptors (Lipinski definition) is 5. The van der Waals surface area contributed by atoms with Gasteiger partial charge in [-0.25, -0.2) is 10.9 Å². The first-order valence-corrected chi connectivity index (χ1v) is 3.48. The molecular formula is C6H9N5O2. The lowest BCUT2D eigenvalue weighted by atomic mass is 10.1. The molecule has 0 radical (unpaired) electrons. The number of nitrogens with zero attached hydrogens (tertiary/aromatic N) is 3. The summed E-state index contributed by atoms with van der Waals surface area (Å²) in [5, 5.41) is 14.5. The standard InChI is InChI=1S/C6H9N5O2/c1-5(2-3-7)6(13)9-11-10-8-4-12/h4-5H,2H2,1H3,(H,8,11,12)(H,9,10,13). The van der Waals surface area contributed by atoms with Crippen molar-refractivity contribution in [3.63, 3.8) is 0 Å². The third kappa shape index (κ3) is 5.32. The Morgan fingerprint density at radius 2 is 2.38 bits per heavy atom. The largest absolute Gasteiger partial charge is 0.277 e. The van der Waals surface area contributed by atoms with E-state index in [1.807, 2.05) is 16.9 Å². The average molecular weight is 183 g/mol. The van der Waals surface area contributed by atoms with Crippen LogP contribution in [0.3, 0.4) is 0 Å². The number of hydrogen-bond donors (Lipinski definition) is 2. The molecule has 0 aromatic rings. The summed E-state index contributed by atoms with van der Waals surface area (Å²) in [4.78, 5) is 20.6. The van der Waals surface area contributed by atoms with Crippen LogP contribution in [-0.4, -0.2) is 12.3 Å². The minimum Gasteiger partial charge on any atom is -0.277 e. The smallest absolute Gasteiger partial charge is 0.245 e. The zero-order chi connectivity index (χ0) is 10.1. The minimum absolute atomic E-state index is 0.114. The van der Waals surface area contributed by atoms with E-state index in [2.05, 4.69) is 10.4 Å². The van der Waals surface area contributed by atoms with Gasteiger partial charge < -0.3 is 0 Å². The van der Waals surface area contributed by atoms with Crippen LogP contribution in [0.4, 0.5) is 0 Å². The van der Waals surface area contributed by atoms with Gasteiger partial charge >= 0.3 is 0 Å². The Bertz CT molecular complexity index is 244. The Labute approximate surface area is 74.8 Å². The molecule has 2 amide bonds. The molecule has 0 heterocycles. The van der Waals surface area contributed by atoms with Crippen LogP contribution >= 0.6 is 0 Å². The molecule has 7 nitrogen and oxygen atoms in total. The second-order valence-electron chi connectivity index (χ2n) is 2.19. The van der Waals surface area contributed by atoms with Crippen LogP contribution in [0.5, 0.6) is 0 Å². The Kier molecular flexibility index (Phi) is 5.70. The van der Waals surface area contributed by atoms with Gasteiger partial charge in [-0.3, -0.25) is 9.59 Å². The molecule has 7 heteroatoms. The third-order valence-corrected chi connectivity index (χ3v) is 1.17. The second-order valence-corrected chi connectivity index (χ2v) is 2.19. The van der Waals surface area contributed by atoms with Gasteiger partial charge in [-0.2, -0.15) is 5.26 Å². The highest BCUT2D eigenvalue weighted by molar-refractivity contribution is 5.77. The molecule has 1 unspecified atom stereocenters. The molecule has 0 aliphatic heterocycles. The van der Waals surface area contributed by atoms with Gasteiger partial charge in [-0.1, -0.05) is 6.92 Å². The summed E-state index contributed by atoms with van der Waals surface area (Å²) in [6.07, 6.45) is 0.427. The minimum atomic E-state index is -0.444. The molecule has 0 fully saturated rings. The number of carbonyl (C=O) groups is 2. The summed E-state index contributed by atoms with van der Waals surface area (Å²) in [5.41, 5.74) is 3.92. The Morgan fingerprint density at radius 3 is 2.92 bits per heavy atom. The highest BCUT2D eigenvalue weighted by Gasteiger charge is 2.10. The fraction of sp³-hybridized carbons (Fsp3) is 0.500. The molecule has 70 valence electrons. The van der Waals surface area contributed by atoms with Crippen molar-refractivity contribution in [1.29, 1.82) is 5.26 Å².